The third-order valence-corrected chi connectivity index (χ3v) is 3.88. The van der Waals surface area contributed by atoms with Gasteiger partial charge in [0.25, 0.3) is 0 Å². The molecule has 0 aliphatic heterocycles. The zero-order valence-electron chi connectivity index (χ0n) is 14.0. The van der Waals surface area contributed by atoms with E-state index in [0.29, 0.717) is 6.42 Å². The van der Waals surface area contributed by atoms with Crippen LogP contribution >= 0.6 is 0 Å². The number of carbonyl (C=O) groups excluding carboxylic acids is 1. The first kappa shape index (κ1) is 19.4. The fraction of sp³-hybridized carbons (Fsp3) is 0.941. The molecule has 0 aromatic carbocycles. The monoisotopic (exact) mass is 284 g/mol. The summed E-state index contributed by atoms with van der Waals surface area (Å²) in [5, 5.41) is 3.03. The van der Waals surface area contributed by atoms with Gasteiger partial charge in [-0.25, -0.2) is 0 Å². The van der Waals surface area contributed by atoms with Crippen molar-refractivity contribution >= 4 is 5.91 Å². The van der Waals surface area contributed by atoms with Crippen LogP contribution in [0, 0.1) is 0 Å². The lowest BCUT2D eigenvalue weighted by molar-refractivity contribution is -0.121. The molecular formula is C17H36N2O. The lowest BCUT2D eigenvalue weighted by Crippen LogP contribution is -2.29. The fourth-order valence-electron chi connectivity index (χ4n) is 2.40. The van der Waals surface area contributed by atoms with E-state index in [1.807, 2.05) is 0 Å². The van der Waals surface area contributed by atoms with Gasteiger partial charge in [-0.3, -0.25) is 4.79 Å². The van der Waals surface area contributed by atoms with E-state index in [9.17, 15) is 4.79 Å². The van der Waals surface area contributed by atoms with E-state index < -0.39 is 0 Å². The molecule has 0 aliphatic carbocycles. The summed E-state index contributed by atoms with van der Waals surface area (Å²) in [5.41, 5.74) is 0. The molecule has 1 amide bonds. The Balaban J connectivity index is 3.28. The highest BCUT2D eigenvalue weighted by Gasteiger charge is 2.02. The summed E-state index contributed by atoms with van der Waals surface area (Å²) in [6.07, 6.45) is 10.7. The Morgan fingerprint density at radius 2 is 1.45 bits per heavy atom. The summed E-state index contributed by atoms with van der Waals surface area (Å²) in [5.74, 6) is 0.234. The Hall–Kier alpha value is -0.570. The molecule has 0 aromatic heterocycles. The van der Waals surface area contributed by atoms with Crippen molar-refractivity contribution in [2.75, 3.05) is 26.2 Å². The van der Waals surface area contributed by atoms with Gasteiger partial charge in [-0.1, -0.05) is 59.3 Å². The van der Waals surface area contributed by atoms with Crippen LogP contribution in [0.1, 0.15) is 78.6 Å². The zero-order valence-corrected chi connectivity index (χ0v) is 14.0. The maximum absolute atomic E-state index is 11.6. The number of amides is 1. The normalized spacial score (nSPS) is 11.0. The number of rotatable bonds is 14. The van der Waals surface area contributed by atoms with Crippen LogP contribution in [-0.2, 0) is 4.79 Å². The third-order valence-electron chi connectivity index (χ3n) is 3.88. The smallest absolute Gasteiger partial charge is 0.219 e. The zero-order chi connectivity index (χ0) is 15.1. The lowest BCUT2D eigenvalue weighted by Gasteiger charge is -2.17. The average Bonchev–Trinajstić information content (AvgIpc) is 2.46. The quantitative estimate of drug-likeness (QED) is 0.489. The van der Waals surface area contributed by atoms with Crippen molar-refractivity contribution in [3.63, 3.8) is 0 Å². The molecule has 0 aromatic rings. The van der Waals surface area contributed by atoms with Gasteiger partial charge in [0.15, 0.2) is 0 Å². The molecule has 0 rings (SSSR count). The number of unbranched alkanes of at least 4 members (excludes halogenated alkanes) is 6. The highest BCUT2D eigenvalue weighted by atomic mass is 16.1. The van der Waals surface area contributed by atoms with E-state index in [1.54, 1.807) is 0 Å². The molecule has 0 fully saturated rings. The van der Waals surface area contributed by atoms with Gasteiger partial charge in [0.2, 0.25) is 5.91 Å². The van der Waals surface area contributed by atoms with Crippen LogP contribution < -0.4 is 5.32 Å². The van der Waals surface area contributed by atoms with Crippen molar-refractivity contribution < 1.29 is 4.79 Å². The minimum Gasteiger partial charge on any atom is -0.356 e. The number of hydrogen-bond donors (Lipinski definition) is 1. The summed E-state index contributed by atoms with van der Waals surface area (Å²) in [4.78, 5) is 14.0. The summed E-state index contributed by atoms with van der Waals surface area (Å²) < 4.78 is 0. The molecule has 3 heteroatoms. The van der Waals surface area contributed by atoms with E-state index >= 15 is 0 Å². The molecule has 120 valence electrons. The van der Waals surface area contributed by atoms with Crippen LogP contribution in [0.15, 0.2) is 0 Å². The van der Waals surface area contributed by atoms with Gasteiger partial charge in [0, 0.05) is 13.0 Å². The van der Waals surface area contributed by atoms with Crippen LogP contribution in [0.4, 0.5) is 0 Å². The lowest BCUT2D eigenvalue weighted by atomic mass is 10.1. The summed E-state index contributed by atoms with van der Waals surface area (Å²) in [7, 11) is 0. The van der Waals surface area contributed by atoms with Crippen molar-refractivity contribution in [2.24, 2.45) is 0 Å². The first-order valence-electron chi connectivity index (χ1n) is 8.73. The SMILES string of the molecule is CCCCCCCCCC(=O)NCCCN(CC)CC. The Kier molecular flexibility index (Phi) is 14.4. The molecule has 0 aliphatic rings. The molecule has 0 radical (unpaired) electrons. The molecule has 0 heterocycles. The molecule has 20 heavy (non-hydrogen) atoms. The van der Waals surface area contributed by atoms with Crippen molar-refractivity contribution in [1.82, 2.24) is 10.2 Å². The van der Waals surface area contributed by atoms with Crippen molar-refractivity contribution in [2.45, 2.75) is 78.6 Å². The highest BCUT2D eigenvalue weighted by molar-refractivity contribution is 5.75. The number of carbonyl (C=O) groups is 1. The second kappa shape index (κ2) is 14.8. The molecule has 0 saturated heterocycles. The highest BCUT2D eigenvalue weighted by Crippen LogP contribution is 2.08. The summed E-state index contributed by atoms with van der Waals surface area (Å²) in [6, 6.07) is 0. The van der Waals surface area contributed by atoms with Crippen molar-refractivity contribution in [3.8, 4) is 0 Å². The summed E-state index contributed by atoms with van der Waals surface area (Å²) in [6.45, 7) is 10.7. The van der Waals surface area contributed by atoms with Crippen LogP contribution in [0.5, 0.6) is 0 Å². The largest absolute Gasteiger partial charge is 0.356 e. The van der Waals surface area contributed by atoms with E-state index in [2.05, 4.69) is 31.0 Å². The Morgan fingerprint density at radius 3 is 2.05 bits per heavy atom. The van der Waals surface area contributed by atoms with E-state index in [-0.39, 0.29) is 5.91 Å². The minimum absolute atomic E-state index is 0.234. The summed E-state index contributed by atoms with van der Waals surface area (Å²) >= 11 is 0. The molecule has 1 N–H and O–H groups in total. The molecule has 0 spiro atoms. The second-order valence-corrected chi connectivity index (χ2v) is 5.60. The van der Waals surface area contributed by atoms with E-state index in [1.165, 1.54) is 38.5 Å². The Morgan fingerprint density at radius 1 is 0.850 bits per heavy atom. The van der Waals surface area contributed by atoms with Crippen LogP contribution in [0.25, 0.3) is 0 Å². The topological polar surface area (TPSA) is 32.3 Å². The minimum atomic E-state index is 0.234. The van der Waals surface area contributed by atoms with Gasteiger partial charge in [-0.15, -0.1) is 0 Å². The Bertz CT molecular complexity index is 215. The first-order valence-corrected chi connectivity index (χ1v) is 8.73. The Labute approximate surface area is 126 Å². The number of nitrogens with zero attached hydrogens (tertiary/aromatic N) is 1. The second-order valence-electron chi connectivity index (χ2n) is 5.60. The predicted molar refractivity (Wildman–Crippen MR) is 88.0 cm³/mol. The van der Waals surface area contributed by atoms with E-state index in [0.717, 1.165) is 39.0 Å². The molecule has 0 atom stereocenters. The molecule has 0 saturated carbocycles. The van der Waals surface area contributed by atoms with Crippen LogP contribution in [0.3, 0.4) is 0 Å². The fourth-order valence-corrected chi connectivity index (χ4v) is 2.40. The van der Waals surface area contributed by atoms with Gasteiger partial charge >= 0.3 is 0 Å². The maximum atomic E-state index is 11.6. The van der Waals surface area contributed by atoms with Gasteiger partial charge in [0.1, 0.15) is 0 Å². The van der Waals surface area contributed by atoms with Gasteiger partial charge in [-0.05, 0) is 32.5 Å². The van der Waals surface area contributed by atoms with Crippen LogP contribution in [-0.4, -0.2) is 37.0 Å². The number of nitrogens with one attached hydrogen (secondary N) is 1. The van der Waals surface area contributed by atoms with Crippen molar-refractivity contribution in [3.05, 3.63) is 0 Å². The molecule has 0 unspecified atom stereocenters. The molecule has 3 nitrogen and oxygen atoms in total. The maximum Gasteiger partial charge on any atom is 0.219 e. The standard InChI is InChI=1S/C17H36N2O/c1-4-7-8-9-10-11-12-14-17(20)18-15-13-16-19(5-2)6-3/h4-16H2,1-3H3,(H,18,20). The first-order chi connectivity index (χ1) is 9.74. The van der Waals surface area contributed by atoms with Gasteiger partial charge in [0.05, 0.1) is 0 Å². The molecular weight excluding hydrogens is 248 g/mol. The van der Waals surface area contributed by atoms with Crippen LogP contribution in [0.2, 0.25) is 0 Å². The average molecular weight is 284 g/mol. The van der Waals surface area contributed by atoms with Crippen molar-refractivity contribution in [1.29, 1.82) is 0 Å². The van der Waals surface area contributed by atoms with E-state index in [4.69, 9.17) is 0 Å². The van der Waals surface area contributed by atoms with Gasteiger partial charge < -0.3 is 10.2 Å². The third kappa shape index (κ3) is 12.5. The number of hydrogen-bond acceptors (Lipinski definition) is 2. The predicted octanol–water partition coefficient (Wildman–Crippen LogP) is 3.98. The van der Waals surface area contributed by atoms with Gasteiger partial charge in [-0.2, -0.15) is 0 Å². The molecule has 0 bridgehead atoms.